The number of rotatable bonds is 8. The minimum absolute atomic E-state index is 0.0540. The molecule has 184 valence electrons. The standard InChI is InChI=1S/C23H21F3N4O3S2/c24-14-4-6-17(19(26)10-14)23(8-1-9-23)21-29-30-22(34-21)28-20(31)16-11-15(5-7-18(16)25)35(32,33)27-12-13-2-3-13/h4-7,10-11,13,27H,1-3,8-9,12H2,(H,28,30,31). The molecule has 7 nitrogen and oxygen atoms in total. The Morgan fingerprint density at radius 1 is 1.06 bits per heavy atom. The lowest BCUT2D eigenvalue weighted by Gasteiger charge is -2.40. The van der Waals surface area contributed by atoms with Crippen molar-refractivity contribution in [3.8, 4) is 0 Å². The number of anilines is 1. The van der Waals surface area contributed by atoms with Gasteiger partial charge in [0.25, 0.3) is 5.91 Å². The maximum Gasteiger partial charge on any atom is 0.260 e. The average Bonchev–Trinajstić information content (AvgIpc) is 3.51. The van der Waals surface area contributed by atoms with Crippen LogP contribution in [0.1, 0.15) is 53.0 Å². The van der Waals surface area contributed by atoms with Crippen molar-refractivity contribution in [1.29, 1.82) is 0 Å². The van der Waals surface area contributed by atoms with Crippen LogP contribution in [-0.4, -0.2) is 31.1 Å². The number of amides is 1. The van der Waals surface area contributed by atoms with Crippen molar-refractivity contribution in [2.75, 3.05) is 11.9 Å². The van der Waals surface area contributed by atoms with Crippen molar-refractivity contribution in [2.24, 2.45) is 5.92 Å². The van der Waals surface area contributed by atoms with E-state index in [4.69, 9.17) is 0 Å². The topological polar surface area (TPSA) is 101 Å². The molecule has 5 rings (SSSR count). The Morgan fingerprint density at radius 3 is 2.49 bits per heavy atom. The van der Waals surface area contributed by atoms with Crippen LogP contribution in [0.5, 0.6) is 0 Å². The van der Waals surface area contributed by atoms with Crippen LogP contribution in [0.2, 0.25) is 0 Å². The molecule has 2 saturated carbocycles. The van der Waals surface area contributed by atoms with E-state index in [2.05, 4.69) is 20.2 Å². The van der Waals surface area contributed by atoms with Crippen LogP contribution < -0.4 is 10.0 Å². The van der Waals surface area contributed by atoms with Crippen LogP contribution >= 0.6 is 11.3 Å². The minimum atomic E-state index is -3.89. The van der Waals surface area contributed by atoms with Crippen LogP contribution in [0.15, 0.2) is 41.3 Å². The summed E-state index contributed by atoms with van der Waals surface area (Å²) >= 11 is 1.01. The van der Waals surface area contributed by atoms with E-state index in [1.807, 2.05) is 0 Å². The van der Waals surface area contributed by atoms with Gasteiger partial charge in [0.2, 0.25) is 15.2 Å². The first-order chi connectivity index (χ1) is 16.7. The first-order valence-electron chi connectivity index (χ1n) is 11.1. The van der Waals surface area contributed by atoms with E-state index in [9.17, 15) is 26.4 Å². The number of carbonyl (C=O) groups excluding carboxylic acids is 1. The molecule has 3 aromatic rings. The van der Waals surface area contributed by atoms with Gasteiger partial charge in [-0.1, -0.05) is 23.8 Å². The molecule has 2 N–H and O–H groups in total. The van der Waals surface area contributed by atoms with Gasteiger partial charge in [0.15, 0.2) is 0 Å². The number of halogens is 3. The Morgan fingerprint density at radius 2 is 1.83 bits per heavy atom. The minimum Gasteiger partial charge on any atom is -0.296 e. The smallest absolute Gasteiger partial charge is 0.260 e. The highest BCUT2D eigenvalue weighted by molar-refractivity contribution is 7.89. The van der Waals surface area contributed by atoms with Crippen LogP contribution in [0, 0.1) is 23.4 Å². The molecule has 1 heterocycles. The summed E-state index contributed by atoms with van der Waals surface area (Å²) in [7, 11) is -3.89. The molecule has 0 aliphatic heterocycles. The molecule has 0 atom stereocenters. The molecular weight excluding hydrogens is 501 g/mol. The highest BCUT2D eigenvalue weighted by Gasteiger charge is 2.45. The zero-order chi connectivity index (χ0) is 24.8. The van der Waals surface area contributed by atoms with Gasteiger partial charge in [-0.15, -0.1) is 10.2 Å². The van der Waals surface area contributed by atoms with E-state index in [1.54, 1.807) is 0 Å². The number of hydrogen-bond donors (Lipinski definition) is 2. The molecule has 2 aliphatic rings. The second-order valence-electron chi connectivity index (χ2n) is 8.86. The number of nitrogens with zero attached hydrogens (tertiary/aromatic N) is 2. The van der Waals surface area contributed by atoms with Gasteiger partial charge in [-0.25, -0.2) is 26.3 Å². The third-order valence-corrected chi connectivity index (χ3v) is 8.92. The van der Waals surface area contributed by atoms with E-state index in [1.165, 1.54) is 12.1 Å². The molecular formula is C23H21F3N4O3S2. The lowest BCUT2D eigenvalue weighted by molar-refractivity contribution is 0.102. The molecule has 1 amide bonds. The molecule has 35 heavy (non-hydrogen) atoms. The quantitative estimate of drug-likeness (QED) is 0.458. The Kier molecular flexibility index (Phi) is 6.14. The van der Waals surface area contributed by atoms with Crippen molar-refractivity contribution in [3.05, 3.63) is 70.0 Å². The predicted octanol–water partition coefficient (Wildman–Crippen LogP) is 4.37. The zero-order valence-corrected chi connectivity index (χ0v) is 20.0. The molecule has 2 fully saturated rings. The van der Waals surface area contributed by atoms with Gasteiger partial charge < -0.3 is 0 Å². The fraction of sp³-hybridized carbons (Fsp3) is 0.348. The normalized spacial score (nSPS) is 17.1. The molecule has 1 aromatic heterocycles. The Labute approximate surface area is 203 Å². The van der Waals surface area contributed by atoms with Crippen LogP contribution in [0.4, 0.5) is 18.3 Å². The highest BCUT2D eigenvalue weighted by atomic mass is 32.2. The second kappa shape index (κ2) is 8.99. The number of carbonyl (C=O) groups is 1. The third kappa shape index (κ3) is 4.69. The van der Waals surface area contributed by atoms with Gasteiger partial charge >= 0.3 is 0 Å². The third-order valence-electron chi connectivity index (χ3n) is 6.46. The lowest BCUT2D eigenvalue weighted by atomic mass is 9.64. The highest BCUT2D eigenvalue weighted by Crippen LogP contribution is 2.51. The van der Waals surface area contributed by atoms with Gasteiger partial charge in [0, 0.05) is 18.2 Å². The van der Waals surface area contributed by atoms with Crippen molar-refractivity contribution in [1.82, 2.24) is 14.9 Å². The summed E-state index contributed by atoms with van der Waals surface area (Å²) in [6.45, 7) is 0.297. The van der Waals surface area contributed by atoms with E-state index >= 15 is 0 Å². The summed E-state index contributed by atoms with van der Waals surface area (Å²) in [5.74, 6) is -2.83. The van der Waals surface area contributed by atoms with E-state index < -0.39 is 44.4 Å². The van der Waals surface area contributed by atoms with Crippen molar-refractivity contribution >= 4 is 32.4 Å². The number of benzene rings is 2. The molecule has 0 radical (unpaired) electrons. The maximum atomic E-state index is 14.5. The maximum absolute atomic E-state index is 14.5. The van der Waals surface area contributed by atoms with E-state index in [0.717, 1.165) is 54.9 Å². The average molecular weight is 523 g/mol. The summed E-state index contributed by atoms with van der Waals surface area (Å²) in [6, 6.07) is 6.40. The molecule has 0 bridgehead atoms. The number of sulfonamides is 1. The largest absolute Gasteiger partial charge is 0.296 e. The zero-order valence-electron chi connectivity index (χ0n) is 18.4. The van der Waals surface area contributed by atoms with Gasteiger partial charge in [0.1, 0.15) is 22.5 Å². The van der Waals surface area contributed by atoms with Crippen LogP contribution in [-0.2, 0) is 15.4 Å². The van der Waals surface area contributed by atoms with E-state index in [-0.39, 0.29) is 10.0 Å². The monoisotopic (exact) mass is 522 g/mol. The molecule has 2 aliphatic carbocycles. The summed E-state index contributed by atoms with van der Waals surface area (Å²) in [5, 5.41) is 11.0. The number of hydrogen-bond acceptors (Lipinski definition) is 6. The molecule has 12 heteroatoms. The first-order valence-corrected chi connectivity index (χ1v) is 13.4. The van der Waals surface area contributed by atoms with Crippen LogP contribution in [0.3, 0.4) is 0 Å². The Balaban J connectivity index is 1.36. The number of nitrogens with one attached hydrogen (secondary N) is 2. The summed E-state index contributed by atoms with van der Waals surface area (Å²) in [6.07, 6.45) is 3.90. The molecule has 2 aromatic carbocycles. The van der Waals surface area contributed by atoms with Gasteiger partial charge in [-0.3, -0.25) is 10.1 Å². The number of aromatic nitrogens is 2. The second-order valence-corrected chi connectivity index (χ2v) is 11.6. The SMILES string of the molecule is O=C(Nc1nnc(C2(c3ccc(F)cc3F)CCC2)s1)c1cc(S(=O)(=O)NCC2CC2)ccc1F. The fourth-order valence-electron chi connectivity index (χ4n) is 4.12. The van der Waals surface area contributed by atoms with Gasteiger partial charge in [0.05, 0.1) is 15.9 Å². The van der Waals surface area contributed by atoms with E-state index in [0.29, 0.717) is 35.9 Å². The predicted molar refractivity (Wildman–Crippen MR) is 123 cm³/mol. The molecule has 0 saturated heterocycles. The lowest BCUT2D eigenvalue weighted by Crippen LogP contribution is -2.36. The first kappa shape index (κ1) is 23.9. The Hall–Kier alpha value is -2.83. The van der Waals surface area contributed by atoms with Crippen molar-refractivity contribution in [3.63, 3.8) is 0 Å². The van der Waals surface area contributed by atoms with Crippen LogP contribution in [0.25, 0.3) is 0 Å². The van der Waals surface area contributed by atoms with Crippen molar-refractivity contribution in [2.45, 2.75) is 42.4 Å². The Bertz CT molecular complexity index is 1400. The van der Waals surface area contributed by atoms with Gasteiger partial charge in [-0.2, -0.15) is 0 Å². The van der Waals surface area contributed by atoms with Gasteiger partial charge in [-0.05, 0) is 55.9 Å². The summed E-state index contributed by atoms with van der Waals surface area (Å²) in [4.78, 5) is 12.5. The molecule has 0 unspecified atom stereocenters. The molecule has 0 spiro atoms. The van der Waals surface area contributed by atoms with Crippen molar-refractivity contribution < 1.29 is 26.4 Å². The fourth-order valence-corrected chi connectivity index (χ4v) is 6.26. The summed E-state index contributed by atoms with van der Waals surface area (Å²) < 4.78 is 69.8. The summed E-state index contributed by atoms with van der Waals surface area (Å²) in [5.41, 5.74) is -0.925.